The lowest BCUT2D eigenvalue weighted by molar-refractivity contribution is -0.167. The highest BCUT2D eigenvalue weighted by Crippen LogP contribution is 2.37. The summed E-state index contributed by atoms with van der Waals surface area (Å²) < 4.78 is 40.4. The van der Waals surface area contributed by atoms with Gasteiger partial charge >= 0.3 is 12.1 Å². The van der Waals surface area contributed by atoms with Gasteiger partial charge in [-0.1, -0.05) is 12.1 Å². The Morgan fingerprint density at radius 2 is 2.03 bits per heavy atom. The van der Waals surface area contributed by atoms with Crippen LogP contribution in [0, 0.1) is 0 Å². The molecule has 1 amide bonds. The smallest absolute Gasteiger partial charge is 0.337 e. The maximum atomic E-state index is 12.8. The Balaban J connectivity index is 1.48. The van der Waals surface area contributed by atoms with Crippen LogP contribution in [0.5, 0.6) is 0 Å². The number of nitrogens with zero attached hydrogens (tertiary/aromatic N) is 3. The van der Waals surface area contributed by atoms with Crippen LogP contribution in [0.15, 0.2) is 36.7 Å². The Kier molecular flexibility index (Phi) is 6.18. The molecule has 1 N–H and O–H groups in total. The van der Waals surface area contributed by atoms with Gasteiger partial charge in [-0.2, -0.15) is 13.2 Å². The Hall–Kier alpha value is -2.61. The zero-order valence-electron chi connectivity index (χ0n) is 17.6. The fourth-order valence-electron chi connectivity index (χ4n) is 4.47. The number of aromatic nitrogens is 2. The average molecular weight is 432 g/mol. The van der Waals surface area contributed by atoms with Crippen molar-refractivity contribution in [2.24, 2.45) is 7.05 Å². The number of likely N-dealkylation sites (tertiary alicyclic amines) is 1. The maximum Gasteiger partial charge on any atom is 0.471 e. The summed E-state index contributed by atoms with van der Waals surface area (Å²) in [6, 6.07) is 5.49. The van der Waals surface area contributed by atoms with Gasteiger partial charge < -0.3 is 9.88 Å². The number of aryl methyl sites for hydroxylation is 1. The van der Waals surface area contributed by atoms with Gasteiger partial charge in [0.15, 0.2) is 0 Å². The van der Waals surface area contributed by atoms with E-state index in [9.17, 15) is 18.0 Å². The summed E-state index contributed by atoms with van der Waals surface area (Å²) in [5, 5.41) is 2.07. The van der Waals surface area contributed by atoms with Crippen molar-refractivity contribution in [3.05, 3.63) is 53.6 Å². The van der Waals surface area contributed by atoms with Crippen LogP contribution in [0.4, 0.5) is 18.9 Å². The van der Waals surface area contributed by atoms with Crippen molar-refractivity contribution in [2.75, 3.05) is 18.4 Å². The molecule has 1 fully saturated rings. The summed E-state index contributed by atoms with van der Waals surface area (Å²) in [4.78, 5) is 18.3. The van der Waals surface area contributed by atoms with Gasteiger partial charge in [0.05, 0.1) is 6.54 Å². The van der Waals surface area contributed by atoms with E-state index in [4.69, 9.17) is 0 Å². The van der Waals surface area contributed by atoms with Gasteiger partial charge in [0.25, 0.3) is 0 Å². The maximum absolute atomic E-state index is 12.8. The number of anilines is 1. The Morgan fingerprint density at radius 3 is 2.65 bits per heavy atom. The number of amides is 1. The average Bonchev–Trinajstić information content (AvgIpc) is 3.41. The van der Waals surface area contributed by atoms with Crippen molar-refractivity contribution in [1.29, 1.82) is 0 Å². The van der Waals surface area contributed by atoms with Crippen molar-refractivity contribution < 1.29 is 18.0 Å². The molecular formula is C23H27F3N4O. The third kappa shape index (κ3) is 5.01. The van der Waals surface area contributed by atoms with Crippen molar-refractivity contribution in [1.82, 2.24) is 14.5 Å². The normalized spacial score (nSPS) is 18.3. The summed E-state index contributed by atoms with van der Waals surface area (Å²) in [5.41, 5.74) is 3.12. The Bertz CT molecular complexity index is 971. The number of piperidine rings is 1. The molecule has 1 aromatic heterocycles. The number of hydrogen-bond donors (Lipinski definition) is 1. The predicted molar refractivity (Wildman–Crippen MR) is 113 cm³/mol. The number of nitrogens with one attached hydrogen (secondary N) is 1. The van der Waals surface area contributed by atoms with Gasteiger partial charge in [0.1, 0.15) is 5.82 Å². The van der Waals surface area contributed by atoms with Crippen LogP contribution >= 0.6 is 0 Å². The van der Waals surface area contributed by atoms with Gasteiger partial charge in [0.2, 0.25) is 0 Å². The lowest BCUT2D eigenvalue weighted by atomic mass is 9.87. The standard InChI is InChI=1S/C23H27F3N4O/c1-29-13-10-27-21(29)15-30-11-8-16(9-12-30)18-6-7-20(28-22(31)23(24,25)26)19(14-18)17-4-2-3-5-17/h4,6-7,10,13-14,16H,2-3,5,8-9,11-12,15H2,1H3,(H,28,31). The van der Waals surface area contributed by atoms with E-state index < -0.39 is 12.1 Å². The van der Waals surface area contributed by atoms with E-state index >= 15 is 0 Å². The molecule has 2 heterocycles. The van der Waals surface area contributed by atoms with Crippen LogP contribution in [-0.2, 0) is 18.4 Å². The highest BCUT2D eigenvalue weighted by molar-refractivity contribution is 5.97. The minimum atomic E-state index is -4.90. The van der Waals surface area contributed by atoms with Gasteiger partial charge in [-0.3, -0.25) is 9.69 Å². The zero-order chi connectivity index (χ0) is 22.0. The number of allylic oxidation sites excluding steroid dienone is 2. The predicted octanol–water partition coefficient (Wildman–Crippen LogP) is 4.87. The van der Waals surface area contributed by atoms with Gasteiger partial charge in [-0.05, 0) is 74.4 Å². The number of benzene rings is 1. The number of halogens is 3. The lowest BCUT2D eigenvalue weighted by Gasteiger charge is -2.32. The van der Waals surface area contributed by atoms with E-state index in [-0.39, 0.29) is 5.69 Å². The van der Waals surface area contributed by atoms with Crippen molar-refractivity contribution in [2.45, 2.75) is 50.7 Å². The molecule has 0 unspecified atom stereocenters. The first-order valence-corrected chi connectivity index (χ1v) is 10.7. The topological polar surface area (TPSA) is 50.2 Å². The second kappa shape index (κ2) is 8.86. The molecular weight excluding hydrogens is 405 g/mol. The van der Waals surface area contributed by atoms with Gasteiger partial charge in [-0.25, -0.2) is 4.98 Å². The molecule has 1 aromatic carbocycles. The van der Waals surface area contributed by atoms with Crippen LogP contribution in [-0.4, -0.2) is 39.6 Å². The third-order valence-electron chi connectivity index (χ3n) is 6.28. The molecule has 4 rings (SSSR count). The first-order chi connectivity index (χ1) is 14.8. The highest BCUT2D eigenvalue weighted by atomic mass is 19.4. The molecule has 0 atom stereocenters. The van der Waals surface area contributed by atoms with Crippen LogP contribution in [0.3, 0.4) is 0 Å². The number of rotatable bonds is 5. The van der Waals surface area contributed by atoms with Crippen LogP contribution in [0.2, 0.25) is 0 Å². The van der Waals surface area contributed by atoms with Crippen molar-refractivity contribution in [3.8, 4) is 0 Å². The van der Waals surface area contributed by atoms with Gasteiger partial charge in [0, 0.05) is 30.7 Å². The molecule has 1 saturated heterocycles. The molecule has 1 aliphatic heterocycles. The lowest BCUT2D eigenvalue weighted by Crippen LogP contribution is -2.33. The fraction of sp³-hybridized carbons (Fsp3) is 0.478. The molecule has 0 bridgehead atoms. The quantitative estimate of drug-likeness (QED) is 0.734. The summed E-state index contributed by atoms with van der Waals surface area (Å²) in [5.74, 6) is -0.535. The van der Waals surface area contributed by atoms with Crippen LogP contribution in [0.1, 0.15) is 55.0 Å². The molecule has 5 nitrogen and oxygen atoms in total. The SMILES string of the molecule is Cn1ccnc1CN1CCC(c2ccc(NC(=O)C(F)(F)F)c(C3=CCCC3)c2)CC1. The van der Waals surface area contributed by atoms with E-state index in [1.54, 1.807) is 12.3 Å². The number of carbonyl (C=O) groups excluding carboxylic acids is 1. The minimum Gasteiger partial charge on any atom is -0.337 e. The first kappa shape index (κ1) is 21.6. The Morgan fingerprint density at radius 1 is 1.26 bits per heavy atom. The van der Waals surface area contributed by atoms with E-state index in [0.29, 0.717) is 5.92 Å². The van der Waals surface area contributed by atoms with E-state index in [1.165, 1.54) is 0 Å². The zero-order valence-corrected chi connectivity index (χ0v) is 17.6. The summed E-state index contributed by atoms with van der Waals surface area (Å²) in [7, 11) is 1.99. The van der Waals surface area contributed by atoms with E-state index in [2.05, 4.69) is 21.3 Å². The molecule has 0 spiro atoms. The minimum absolute atomic E-state index is 0.242. The second-order valence-corrected chi connectivity index (χ2v) is 8.38. The van der Waals surface area contributed by atoms with Crippen molar-refractivity contribution in [3.63, 3.8) is 0 Å². The molecule has 8 heteroatoms. The number of alkyl halides is 3. The second-order valence-electron chi connectivity index (χ2n) is 8.38. The molecule has 1 aliphatic carbocycles. The van der Waals surface area contributed by atoms with E-state index in [0.717, 1.165) is 74.3 Å². The molecule has 2 aromatic rings. The summed E-state index contributed by atoms with van der Waals surface area (Å²) in [6.07, 6.45) is 5.60. The molecule has 31 heavy (non-hydrogen) atoms. The molecule has 166 valence electrons. The van der Waals surface area contributed by atoms with Crippen LogP contribution in [0.25, 0.3) is 5.57 Å². The number of hydrogen-bond acceptors (Lipinski definition) is 3. The number of imidazole rings is 1. The van der Waals surface area contributed by atoms with E-state index in [1.807, 2.05) is 29.9 Å². The first-order valence-electron chi connectivity index (χ1n) is 10.7. The molecule has 2 aliphatic rings. The molecule has 0 radical (unpaired) electrons. The van der Waals surface area contributed by atoms with Crippen molar-refractivity contribution >= 4 is 17.2 Å². The third-order valence-corrected chi connectivity index (χ3v) is 6.28. The monoisotopic (exact) mass is 432 g/mol. The fourth-order valence-corrected chi connectivity index (χ4v) is 4.47. The van der Waals surface area contributed by atoms with Gasteiger partial charge in [-0.15, -0.1) is 0 Å². The number of carbonyl (C=O) groups is 1. The van der Waals surface area contributed by atoms with Crippen LogP contribution < -0.4 is 5.32 Å². The molecule has 0 saturated carbocycles. The highest BCUT2D eigenvalue weighted by Gasteiger charge is 2.39. The summed E-state index contributed by atoms with van der Waals surface area (Å²) in [6.45, 7) is 2.71. The summed E-state index contributed by atoms with van der Waals surface area (Å²) >= 11 is 0. The Labute approximate surface area is 180 Å². The largest absolute Gasteiger partial charge is 0.471 e.